The van der Waals surface area contributed by atoms with Crippen molar-refractivity contribution in [3.8, 4) is 0 Å². The molecule has 0 amide bonds. The van der Waals surface area contributed by atoms with E-state index in [-0.39, 0.29) is 0 Å². The standard InChI is InChI=1S/C20H36O/c1-2-3-6-18-9-5-10-19(15-18)8-4-7-17-11-13-20(16-21)14-12-17/h16-20H,2-15H2,1H3. The van der Waals surface area contributed by atoms with Crippen molar-refractivity contribution in [3.05, 3.63) is 0 Å². The second-order valence-corrected chi connectivity index (χ2v) is 7.89. The third-order valence-corrected chi connectivity index (χ3v) is 6.17. The summed E-state index contributed by atoms with van der Waals surface area (Å²) in [5.74, 6) is 3.40. The third kappa shape index (κ3) is 6.12. The number of hydrogen-bond donors (Lipinski definition) is 0. The molecule has 0 aromatic rings. The van der Waals surface area contributed by atoms with Crippen molar-refractivity contribution in [3.63, 3.8) is 0 Å². The highest BCUT2D eigenvalue weighted by atomic mass is 16.1. The van der Waals surface area contributed by atoms with Crippen LogP contribution in [0.5, 0.6) is 0 Å². The third-order valence-electron chi connectivity index (χ3n) is 6.17. The summed E-state index contributed by atoms with van der Waals surface area (Å²) in [6.07, 6.45) is 20.8. The zero-order valence-corrected chi connectivity index (χ0v) is 14.2. The van der Waals surface area contributed by atoms with Gasteiger partial charge in [-0.05, 0) is 49.9 Å². The van der Waals surface area contributed by atoms with E-state index in [9.17, 15) is 4.79 Å². The van der Waals surface area contributed by atoms with Crippen molar-refractivity contribution in [1.29, 1.82) is 0 Å². The van der Waals surface area contributed by atoms with Crippen molar-refractivity contribution in [2.45, 2.75) is 96.8 Å². The fourth-order valence-corrected chi connectivity index (χ4v) is 4.73. The molecule has 0 radical (unpaired) electrons. The molecule has 0 saturated heterocycles. The summed E-state index contributed by atoms with van der Waals surface area (Å²) < 4.78 is 0. The van der Waals surface area contributed by atoms with Gasteiger partial charge in [0.1, 0.15) is 6.29 Å². The van der Waals surface area contributed by atoms with Gasteiger partial charge in [-0.1, -0.05) is 64.7 Å². The predicted octanol–water partition coefficient (Wildman–Crippen LogP) is 6.16. The van der Waals surface area contributed by atoms with Gasteiger partial charge in [-0.3, -0.25) is 0 Å². The van der Waals surface area contributed by atoms with Gasteiger partial charge in [-0.15, -0.1) is 0 Å². The summed E-state index contributed by atoms with van der Waals surface area (Å²) in [4.78, 5) is 10.8. The Bertz CT molecular complexity index is 278. The average molecular weight is 293 g/mol. The van der Waals surface area contributed by atoms with Crippen LogP contribution >= 0.6 is 0 Å². The van der Waals surface area contributed by atoms with Gasteiger partial charge < -0.3 is 4.79 Å². The molecular formula is C20H36O. The Morgan fingerprint density at radius 2 is 1.43 bits per heavy atom. The van der Waals surface area contributed by atoms with E-state index in [4.69, 9.17) is 0 Å². The summed E-state index contributed by atoms with van der Waals surface area (Å²) in [5.41, 5.74) is 0. The summed E-state index contributed by atoms with van der Waals surface area (Å²) in [5, 5.41) is 0. The molecule has 0 heterocycles. The molecule has 0 aromatic carbocycles. The first kappa shape index (κ1) is 17.0. The Balaban J connectivity index is 1.57. The number of rotatable bonds is 8. The molecule has 0 bridgehead atoms. The van der Waals surface area contributed by atoms with Crippen LogP contribution in [-0.2, 0) is 4.79 Å². The van der Waals surface area contributed by atoms with Crippen LogP contribution in [-0.4, -0.2) is 6.29 Å². The molecule has 2 unspecified atom stereocenters. The molecule has 122 valence electrons. The van der Waals surface area contributed by atoms with Gasteiger partial charge in [0, 0.05) is 5.92 Å². The molecule has 2 saturated carbocycles. The Labute approximate surface area is 132 Å². The summed E-state index contributed by atoms with van der Waals surface area (Å²) >= 11 is 0. The quantitative estimate of drug-likeness (QED) is 0.490. The zero-order chi connectivity index (χ0) is 14.9. The van der Waals surface area contributed by atoms with Crippen molar-refractivity contribution in [2.75, 3.05) is 0 Å². The molecule has 2 atom stereocenters. The highest BCUT2D eigenvalue weighted by molar-refractivity contribution is 5.53. The second kappa shape index (κ2) is 9.64. The Kier molecular flexibility index (Phi) is 7.82. The first-order chi connectivity index (χ1) is 10.3. The zero-order valence-electron chi connectivity index (χ0n) is 14.2. The molecule has 1 heteroatoms. The summed E-state index contributed by atoms with van der Waals surface area (Å²) in [7, 11) is 0. The topological polar surface area (TPSA) is 17.1 Å². The van der Waals surface area contributed by atoms with E-state index in [2.05, 4.69) is 6.92 Å². The van der Waals surface area contributed by atoms with E-state index in [0.29, 0.717) is 5.92 Å². The van der Waals surface area contributed by atoms with Crippen molar-refractivity contribution in [1.82, 2.24) is 0 Å². The predicted molar refractivity (Wildman–Crippen MR) is 90.3 cm³/mol. The molecule has 2 fully saturated rings. The normalized spacial score (nSPS) is 33.8. The van der Waals surface area contributed by atoms with Gasteiger partial charge in [0.05, 0.1) is 0 Å². The van der Waals surface area contributed by atoms with E-state index >= 15 is 0 Å². The largest absolute Gasteiger partial charge is 0.303 e. The van der Waals surface area contributed by atoms with E-state index in [1.165, 1.54) is 83.3 Å². The maximum Gasteiger partial charge on any atom is 0.123 e. The van der Waals surface area contributed by atoms with Crippen LogP contribution in [0.1, 0.15) is 96.8 Å². The number of hydrogen-bond acceptors (Lipinski definition) is 1. The van der Waals surface area contributed by atoms with Crippen LogP contribution in [0, 0.1) is 23.7 Å². The maximum absolute atomic E-state index is 10.8. The number of unbranched alkanes of at least 4 members (excludes halogenated alkanes) is 1. The minimum absolute atomic E-state index is 0.388. The molecule has 0 aliphatic heterocycles. The van der Waals surface area contributed by atoms with Crippen LogP contribution in [0.2, 0.25) is 0 Å². The molecule has 2 aliphatic carbocycles. The van der Waals surface area contributed by atoms with Crippen LogP contribution in [0.15, 0.2) is 0 Å². The van der Waals surface area contributed by atoms with Crippen LogP contribution in [0.3, 0.4) is 0 Å². The van der Waals surface area contributed by atoms with Crippen molar-refractivity contribution in [2.24, 2.45) is 23.7 Å². The second-order valence-electron chi connectivity index (χ2n) is 7.89. The van der Waals surface area contributed by atoms with Gasteiger partial charge in [0.25, 0.3) is 0 Å². The highest BCUT2D eigenvalue weighted by Crippen LogP contribution is 2.36. The molecule has 0 aromatic heterocycles. The smallest absolute Gasteiger partial charge is 0.123 e. The Hall–Kier alpha value is -0.330. The maximum atomic E-state index is 10.8. The van der Waals surface area contributed by atoms with Gasteiger partial charge in [-0.25, -0.2) is 0 Å². The van der Waals surface area contributed by atoms with Gasteiger partial charge >= 0.3 is 0 Å². The fraction of sp³-hybridized carbons (Fsp3) is 0.950. The molecule has 1 nitrogen and oxygen atoms in total. The minimum Gasteiger partial charge on any atom is -0.303 e. The molecule has 2 rings (SSSR count). The average Bonchev–Trinajstić information content (AvgIpc) is 2.54. The van der Waals surface area contributed by atoms with E-state index in [0.717, 1.165) is 30.6 Å². The molecule has 0 spiro atoms. The molecule has 21 heavy (non-hydrogen) atoms. The van der Waals surface area contributed by atoms with E-state index in [1.54, 1.807) is 0 Å². The Morgan fingerprint density at radius 3 is 2.05 bits per heavy atom. The Morgan fingerprint density at radius 1 is 0.810 bits per heavy atom. The first-order valence-corrected chi connectivity index (χ1v) is 9.77. The SMILES string of the molecule is CCCCC1CCCC(CCCC2CCC(C=O)CC2)C1. The van der Waals surface area contributed by atoms with Gasteiger partial charge in [0.2, 0.25) is 0 Å². The monoisotopic (exact) mass is 292 g/mol. The number of aldehydes is 1. The molecule has 0 N–H and O–H groups in total. The lowest BCUT2D eigenvalue weighted by Crippen LogP contribution is -2.17. The number of carbonyl (C=O) groups excluding carboxylic acids is 1. The number of carbonyl (C=O) groups is 1. The highest BCUT2D eigenvalue weighted by Gasteiger charge is 2.23. The van der Waals surface area contributed by atoms with Crippen molar-refractivity contribution >= 4 is 6.29 Å². The van der Waals surface area contributed by atoms with Gasteiger partial charge in [-0.2, -0.15) is 0 Å². The van der Waals surface area contributed by atoms with Crippen LogP contribution in [0.25, 0.3) is 0 Å². The molecule has 2 aliphatic rings. The van der Waals surface area contributed by atoms with E-state index in [1.807, 2.05) is 0 Å². The lowest BCUT2D eigenvalue weighted by molar-refractivity contribution is -0.112. The van der Waals surface area contributed by atoms with E-state index < -0.39 is 0 Å². The minimum atomic E-state index is 0.388. The molecular weight excluding hydrogens is 256 g/mol. The lowest BCUT2D eigenvalue weighted by Gasteiger charge is -2.30. The van der Waals surface area contributed by atoms with Gasteiger partial charge in [0.15, 0.2) is 0 Å². The van der Waals surface area contributed by atoms with Crippen LogP contribution in [0.4, 0.5) is 0 Å². The lowest BCUT2D eigenvalue weighted by atomic mass is 9.76. The van der Waals surface area contributed by atoms with Crippen LogP contribution < -0.4 is 0 Å². The van der Waals surface area contributed by atoms with Crippen molar-refractivity contribution < 1.29 is 4.79 Å². The summed E-state index contributed by atoms with van der Waals surface area (Å²) in [6.45, 7) is 2.32. The first-order valence-electron chi connectivity index (χ1n) is 9.77. The fourth-order valence-electron chi connectivity index (χ4n) is 4.73. The summed E-state index contributed by atoms with van der Waals surface area (Å²) in [6, 6.07) is 0.